The summed E-state index contributed by atoms with van der Waals surface area (Å²) in [4.78, 5) is 25.6. The van der Waals surface area contributed by atoms with Crippen LogP contribution in [0.2, 0.25) is 0 Å². The van der Waals surface area contributed by atoms with E-state index in [0.29, 0.717) is 19.0 Å². The fourth-order valence-electron chi connectivity index (χ4n) is 3.08. The fourth-order valence-corrected chi connectivity index (χ4v) is 3.08. The zero-order valence-electron chi connectivity index (χ0n) is 14.9. The first-order valence-corrected chi connectivity index (χ1v) is 8.77. The van der Waals surface area contributed by atoms with E-state index in [1.165, 1.54) is 5.56 Å². The van der Waals surface area contributed by atoms with Crippen molar-refractivity contribution >= 4 is 11.8 Å². The number of carbonyl (C=O) groups excluding carboxylic acids is 2. The Morgan fingerprint density at radius 2 is 1.88 bits per heavy atom. The molecule has 0 saturated carbocycles. The van der Waals surface area contributed by atoms with Crippen LogP contribution in [0.1, 0.15) is 56.7 Å². The van der Waals surface area contributed by atoms with Crippen molar-refractivity contribution in [2.45, 2.75) is 45.6 Å². The first-order chi connectivity index (χ1) is 11.4. The van der Waals surface area contributed by atoms with Crippen LogP contribution in [0.5, 0.6) is 0 Å². The number of likely N-dealkylation sites (tertiary alicyclic amines) is 1. The highest BCUT2D eigenvalue weighted by Gasteiger charge is 2.27. The molecule has 3 N–H and O–H groups in total. The van der Waals surface area contributed by atoms with Crippen molar-refractivity contribution in [3.05, 3.63) is 35.4 Å². The lowest BCUT2D eigenvalue weighted by Crippen LogP contribution is -2.45. The Hall–Kier alpha value is -1.88. The molecular formula is C19H29N3O2. The lowest BCUT2D eigenvalue weighted by atomic mass is 9.96. The van der Waals surface area contributed by atoms with Crippen molar-refractivity contribution in [1.29, 1.82) is 0 Å². The number of nitrogens with one attached hydrogen (secondary N) is 1. The summed E-state index contributed by atoms with van der Waals surface area (Å²) in [5.74, 6) is 0.397. The first kappa shape index (κ1) is 18.5. The average Bonchev–Trinajstić information content (AvgIpc) is 2.59. The molecule has 132 valence electrons. The number of nitrogens with zero attached hydrogens (tertiary/aromatic N) is 1. The summed E-state index contributed by atoms with van der Waals surface area (Å²) < 4.78 is 0. The van der Waals surface area contributed by atoms with Gasteiger partial charge in [0.1, 0.15) is 0 Å². The molecule has 1 aliphatic heterocycles. The lowest BCUT2D eigenvalue weighted by molar-refractivity contribution is -0.133. The molecule has 5 heteroatoms. The molecule has 1 saturated heterocycles. The van der Waals surface area contributed by atoms with Crippen molar-refractivity contribution in [2.75, 3.05) is 19.6 Å². The highest BCUT2D eigenvalue weighted by Crippen LogP contribution is 2.19. The van der Waals surface area contributed by atoms with Crippen molar-refractivity contribution in [3.63, 3.8) is 0 Å². The Morgan fingerprint density at radius 1 is 1.25 bits per heavy atom. The van der Waals surface area contributed by atoms with Crippen LogP contribution in [0.15, 0.2) is 24.3 Å². The molecular weight excluding hydrogens is 302 g/mol. The Kier molecular flexibility index (Phi) is 6.37. The fraction of sp³-hybridized carbons (Fsp3) is 0.579. The van der Waals surface area contributed by atoms with Crippen LogP contribution in [0.25, 0.3) is 0 Å². The van der Waals surface area contributed by atoms with Crippen LogP contribution in [0.3, 0.4) is 0 Å². The zero-order valence-corrected chi connectivity index (χ0v) is 14.9. The van der Waals surface area contributed by atoms with Gasteiger partial charge >= 0.3 is 0 Å². The van der Waals surface area contributed by atoms with Gasteiger partial charge < -0.3 is 16.0 Å². The van der Waals surface area contributed by atoms with Gasteiger partial charge in [-0.15, -0.1) is 0 Å². The highest BCUT2D eigenvalue weighted by molar-refractivity contribution is 5.80. The van der Waals surface area contributed by atoms with E-state index in [1.54, 1.807) is 11.8 Å². The molecule has 0 radical (unpaired) electrons. The summed E-state index contributed by atoms with van der Waals surface area (Å²) in [5, 5.41) is 2.95. The van der Waals surface area contributed by atoms with Crippen LogP contribution < -0.4 is 11.1 Å². The minimum absolute atomic E-state index is 0.00444. The van der Waals surface area contributed by atoms with Gasteiger partial charge in [0.25, 0.3) is 0 Å². The van der Waals surface area contributed by atoms with Crippen molar-refractivity contribution in [2.24, 2.45) is 11.7 Å². The van der Waals surface area contributed by atoms with E-state index in [1.807, 2.05) is 12.1 Å². The zero-order chi connectivity index (χ0) is 17.7. The normalized spacial score (nSPS) is 19.2. The summed E-state index contributed by atoms with van der Waals surface area (Å²) in [6.45, 7) is 7.54. The van der Waals surface area contributed by atoms with Gasteiger partial charge in [0.05, 0.1) is 5.92 Å². The van der Waals surface area contributed by atoms with Gasteiger partial charge in [0.2, 0.25) is 11.8 Å². The van der Waals surface area contributed by atoms with E-state index in [2.05, 4.69) is 31.3 Å². The van der Waals surface area contributed by atoms with Gasteiger partial charge in [0, 0.05) is 32.6 Å². The molecule has 0 aromatic heterocycles. The number of nitrogens with two attached hydrogens (primary N) is 1. The lowest BCUT2D eigenvalue weighted by Gasteiger charge is -2.31. The van der Waals surface area contributed by atoms with Crippen LogP contribution in [-0.2, 0) is 9.59 Å². The highest BCUT2D eigenvalue weighted by atomic mass is 16.2. The number of amides is 2. The maximum absolute atomic E-state index is 12.3. The topological polar surface area (TPSA) is 75.4 Å². The third-order valence-electron chi connectivity index (χ3n) is 4.77. The second-order valence-corrected chi connectivity index (χ2v) is 6.98. The predicted molar refractivity (Wildman–Crippen MR) is 95.4 cm³/mol. The number of benzene rings is 1. The summed E-state index contributed by atoms with van der Waals surface area (Å²) >= 11 is 0. The second kappa shape index (κ2) is 8.29. The van der Waals surface area contributed by atoms with Gasteiger partial charge in [-0.05, 0) is 29.9 Å². The number of carbonyl (C=O) groups is 2. The number of hydrogen-bond acceptors (Lipinski definition) is 3. The molecule has 1 aliphatic rings. The molecule has 24 heavy (non-hydrogen) atoms. The standard InChI is InChI=1S/C19H29N3O2/c1-13(2)15-6-8-16(9-7-15)18(20)11-21-19(24)17-5-4-10-22(12-17)14(3)23/h6-9,13,17-18H,4-5,10-12,20H2,1-3H3,(H,21,24). The van der Waals surface area contributed by atoms with Gasteiger partial charge in [-0.25, -0.2) is 0 Å². The predicted octanol–water partition coefficient (Wildman–Crippen LogP) is 2.18. The summed E-state index contributed by atoms with van der Waals surface area (Å²) in [5.41, 5.74) is 8.50. The van der Waals surface area contributed by atoms with E-state index in [-0.39, 0.29) is 23.8 Å². The SMILES string of the molecule is CC(=O)N1CCCC(C(=O)NCC(N)c2ccc(C(C)C)cc2)C1. The Labute approximate surface area is 144 Å². The van der Waals surface area contributed by atoms with Gasteiger partial charge in [0.15, 0.2) is 0 Å². The molecule has 1 aromatic rings. The molecule has 0 spiro atoms. The van der Waals surface area contributed by atoms with Crippen molar-refractivity contribution in [1.82, 2.24) is 10.2 Å². The summed E-state index contributed by atoms with van der Waals surface area (Å²) in [7, 11) is 0. The molecule has 1 fully saturated rings. The molecule has 2 unspecified atom stereocenters. The van der Waals surface area contributed by atoms with Gasteiger partial charge in [-0.2, -0.15) is 0 Å². The summed E-state index contributed by atoms with van der Waals surface area (Å²) in [6.07, 6.45) is 1.70. The molecule has 1 aromatic carbocycles. The first-order valence-electron chi connectivity index (χ1n) is 8.77. The third kappa shape index (κ3) is 4.81. The van der Waals surface area contributed by atoms with Crippen LogP contribution >= 0.6 is 0 Å². The second-order valence-electron chi connectivity index (χ2n) is 6.98. The third-order valence-corrected chi connectivity index (χ3v) is 4.77. The van der Waals surface area contributed by atoms with Crippen LogP contribution in [0.4, 0.5) is 0 Å². The molecule has 2 amide bonds. The summed E-state index contributed by atoms with van der Waals surface area (Å²) in [6, 6.07) is 8.03. The van der Waals surface area contributed by atoms with E-state index in [4.69, 9.17) is 5.73 Å². The minimum Gasteiger partial charge on any atom is -0.354 e. The van der Waals surface area contributed by atoms with Crippen LogP contribution in [-0.4, -0.2) is 36.3 Å². The van der Waals surface area contributed by atoms with Crippen molar-refractivity contribution < 1.29 is 9.59 Å². The van der Waals surface area contributed by atoms with Gasteiger partial charge in [-0.1, -0.05) is 38.1 Å². The molecule has 0 aliphatic carbocycles. The Morgan fingerprint density at radius 3 is 2.46 bits per heavy atom. The monoisotopic (exact) mass is 331 g/mol. The molecule has 1 heterocycles. The van der Waals surface area contributed by atoms with E-state index in [9.17, 15) is 9.59 Å². The largest absolute Gasteiger partial charge is 0.354 e. The quantitative estimate of drug-likeness (QED) is 0.868. The number of rotatable bonds is 5. The van der Waals surface area contributed by atoms with E-state index >= 15 is 0 Å². The average molecular weight is 331 g/mol. The maximum atomic E-state index is 12.3. The molecule has 2 atom stereocenters. The molecule has 2 rings (SSSR count). The Bertz CT molecular complexity index is 568. The smallest absolute Gasteiger partial charge is 0.224 e. The van der Waals surface area contributed by atoms with E-state index < -0.39 is 0 Å². The number of piperidine rings is 1. The van der Waals surface area contributed by atoms with Crippen molar-refractivity contribution in [3.8, 4) is 0 Å². The van der Waals surface area contributed by atoms with E-state index in [0.717, 1.165) is 24.9 Å². The van der Waals surface area contributed by atoms with Crippen LogP contribution in [0, 0.1) is 5.92 Å². The molecule has 5 nitrogen and oxygen atoms in total. The Balaban J connectivity index is 1.85. The molecule has 0 bridgehead atoms. The maximum Gasteiger partial charge on any atom is 0.224 e. The van der Waals surface area contributed by atoms with Gasteiger partial charge in [-0.3, -0.25) is 9.59 Å². The number of hydrogen-bond donors (Lipinski definition) is 2. The minimum atomic E-state index is -0.220.